The van der Waals surface area contributed by atoms with Crippen molar-refractivity contribution >= 4 is 22.7 Å². The fourth-order valence-corrected chi connectivity index (χ4v) is 5.78. The molecule has 4 heteroatoms. The van der Waals surface area contributed by atoms with Crippen LogP contribution in [0.5, 0.6) is 0 Å². The Bertz CT molecular complexity index is 1660. The number of hydrogen-bond acceptors (Lipinski definition) is 4. The van der Waals surface area contributed by atoms with Gasteiger partial charge in [-0.25, -0.2) is 0 Å². The molecule has 0 saturated carbocycles. The van der Waals surface area contributed by atoms with Crippen LogP contribution in [0.1, 0.15) is 22.3 Å². The van der Waals surface area contributed by atoms with Crippen LogP contribution in [-0.4, -0.2) is 0 Å². The number of hydrogen-bond donors (Lipinski definition) is 4. The van der Waals surface area contributed by atoms with E-state index in [9.17, 15) is 0 Å². The molecule has 200 valence electrons. The molecule has 0 heterocycles. The first-order valence-corrected chi connectivity index (χ1v) is 13.6. The van der Waals surface area contributed by atoms with Gasteiger partial charge in [0.15, 0.2) is 0 Å². The Kier molecular flexibility index (Phi) is 6.66. The second-order valence-corrected chi connectivity index (χ2v) is 10.3. The third kappa shape index (κ3) is 4.66. The minimum absolute atomic E-state index is 0.675. The molecule has 6 aromatic carbocycles. The molecule has 0 aliphatic rings. The van der Waals surface area contributed by atoms with Gasteiger partial charge in [-0.1, -0.05) is 97.1 Å². The van der Waals surface area contributed by atoms with Crippen molar-refractivity contribution in [2.75, 3.05) is 22.9 Å². The van der Waals surface area contributed by atoms with Gasteiger partial charge in [-0.3, -0.25) is 0 Å². The maximum atomic E-state index is 6.93. The number of nitrogens with two attached hydrogens (primary N) is 4. The second-order valence-electron chi connectivity index (χ2n) is 10.3. The lowest BCUT2D eigenvalue weighted by Crippen LogP contribution is -2.33. The normalized spacial score (nSPS) is 11.3. The Labute approximate surface area is 240 Å². The SMILES string of the molecule is Nc1ccc(-c2ccc(N)c(C(c3ccccc3)(c3ccccc3)c3cc(-c4ccc(N)cc4)ccc3N)c2)cc1. The zero-order chi connectivity index (χ0) is 28.4. The molecular weight excluding hydrogens is 500 g/mol. The number of benzene rings is 6. The third-order valence-electron chi connectivity index (χ3n) is 7.82. The van der Waals surface area contributed by atoms with Gasteiger partial charge in [0.2, 0.25) is 0 Å². The van der Waals surface area contributed by atoms with Crippen LogP contribution in [0.2, 0.25) is 0 Å². The van der Waals surface area contributed by atoms with Gasteiger partial charge in [0.25, 0.3) is 0 Å². The third-order valence-corrected chi connectivity index (χ3v) is 7.82. The molecule has 0 saturated heterocycles. The van der Waals surface area contributed by atoms with Gasteiger partial charge in [-0.05, 0) is 93.0 Å². The van der Waals surface area contributed by atoms with E-state index in [-0.39, 0.29) is 0 Å². The number of anilines is 4. The molecule has 0 radical (unpaired) electrons. The van der Waals surface area contributed by atoms with Crippen LogP contribution in [0, 0.1) is 0 Å². The van der Waals surface area contributed by atoms with Crippen molar-refractivity contribution in [2.45, 2.75) is 5.41 Å². The van der Waals surface area contributed by atoms with Gasteiger partial charge < -0.3 is 22.9 Å². The standard InChI is InChI=1S/C37H32N4/c38-31-17-11-25(12-18-31)27-15-21-35(40)33(23-27)37(29-7-3-1-4-8-29,30-9-5-2-6-10-30)34-24-28(16-22-36(34)41)26-13-19-32(39)20-14-26/h1-24H,38-41H2. The summed E-state index contributed by atoms with van der Waals surface area (Å²) in [7, 11) is 0. The molecule has 0 bridgehead atoms. The quantitative estimate of drug-likeness (QED) is 0.130. The molecule has 0 aliphatic carbocycles. The molecular formula is C37H32N4. The van der Waals surface area contributed by atoms with Crippen LogP contribution in [0.25, 0.3) is 22.3 Å². The lowest BCUT2D eigenvalue weighted by Gasteiger charge is -2.39. The van der Waals surface area contributed by atoms with E-state index in [2.05, 4.69) is 72.8 Å². The molecule has 0 unspecified atom stereocenters. The highest BCUT2D eigenvalue weighted by Gasteiger charge is 2.41. The summed E-state index contributed by atoms with van der Waals surface area (Å²) in [6, 6.07) is 49.2. The summed E-state index contributed by atoms with van der Waals surface area (Å²) in [5.41, 5.74) is 36.1. The molecule has 41 heavy (non-hydrogen) atoms. The Morgan fingerprint density at radius 3 is 1.05 bits per heavy atom. The van der Waals surface area contributed by atoms with Gasteiger partial charge in [0.1, 0.15) is 0 Å². The fourth-order valence-electron chi connectivity index (χ4n) is 5.78. The van der Waals surface area contributed by atoms with Gasteiger partial charge in [-0.15, -0.1) is 0 Å². The zero-order valence-corrected chi connectivity index (χ0v) is 22.7. The summed E-state index contributed by atoms with van der Waals surface area (Å²) >= 11 is 0. The van der Waals surface area contributed by atoms with E-state index in [0.29, 0.717) is 11.4 Å². The molecule has 8 N–H and O–H groups in total. The highest BCUT2D eigenvalue weighted by Crippen LogP contribution is 2.50. The molecule has 4 nitrogen and oxygen atoms in total. The van der Waals surface area contributed by atoms with Crippen molar-refractivity contribution in [1.82, 2.24) is 0 Å². The summed E-state index contributed by atoms with van der Waals surface area (Å²) in [6.45, 7) is 0. The summed E-state index contributed by atoms with van der Waals surface area (Å²) in [6.07, 6.45) is 0. The summed E-state index contributed by atoms with van der Waals surface area (Å²) in [5, 5.41) is 0. The van der Waals surface area contributed by atoms with Crippen molar-refractivity contribution in [3.63, 3.8) is 0 Å². The predicted octanol–water partition coefficient (Wildman–Crippen LogP) is 7.73. The Hall–Kier alpha value is -5.48. The van der Waals surface area contributed by atoms with E-state index in [1.165, 1.54) is 0 Å². The Balaban J connectivity index is 1.72. The minimum atomic E-state index is -0.815. The monoisotopic (exact) mass is 532 g/mol. The topological polar surface area (TPSA) is 104 Å². The van der Waals surface area contributed by atoms with Crippen molar-refractivity contribution < 1.29 is 0 Å². The van der Waals surface area contributed by atoms with Crippen LogP contribution >= 0.6 is 0 Å². The first-order chi connectivity index (χ1) is 20.0. The van der Waals surface area contributed by atoms with Gasteiger partial charge >= 0.3 is 0 Å². The first-order valence-electron chi connectivity index (χ1n) is 13.6. The molecule has 0 atom stereocenters. The smallest absolute Gasteiger partial charge is 0.0741 e. The second kappa shape index (κ2) is 10.6. The summed E-state index contributed by atoms with van der Waals surface area (Å²) in [4.78, 5) is 0. The lowest BCUT2D eigenvalue weighted by molar-refractivity contribution is 0.751. The average Bonchev–Trinajstić information content (AvgIpc) is 3.01. The molecule has 0 fully saturated rings. The van der Waals surface area contributed by atoms with E-state index in [0.717, 1.165) is 55.9 Å². The molecule has 6 rings (SSSR count). The van der Waals surface area contributed by atoms with Crippen molar-refractivity contribution in [3.05, 3.63) is 168 Å². The van der Waals surface area contributed by atoms with Gasteiger partial charge in [0, 0.05) is 22.7 Å². The lowest BCUT2D eigenvalue weighted by atomic mass is 9.63. The highest BCUT2D eigenvalue weighted by molar-refractivity contribution is 5.79. The molecule has 0 aromatic heterocycles. The van der Waals surface area contributed by atoms with Crippen molar-refractivity contribution in [2.24, 2.45) is 0 Å². The molecule has 6 aromatic rings. The van der Waals surface area contributed by atoms with Gasteiger partial charge in [0.05, 0.1) is 5.41 Å². The molecule has 0 spiro atoms. The van der Waals surface area contributed by atoms with Crippen LogP contribution in [0.3, 0.4) is 0 Å². The zero-order valence-electron chi connectivity index (χ0n) is 22.7. The fraction of sp³-hybridized carbons (Fsp3) is 0.0270. The summed E-state index contributed by atoms with van der Waals surface area (Å²) in [5.74, 6) is 0. The summed E-state index contributed by atoms with van der Waals surface area (Å²) < 4.78 is 0. The first kappa shape index (κ1) is 25.8. The van der Waals surface area contributed by atoms with Crippen LogP contribution in [-0.2, 0) is 5.41 Å². The van der Waals surface area contributed by atoms with Crippen molar-refractivity contribution in [1.29, 1.82) is 0 Å². The number of rotatable bonds is 6. The van der Waals surface area contributed by atoms with E-state index in [4.69, 9.17) is 22.9 Å². The molecule has 0 aliphatic heterocycles. The van der Waals surface area contributed by atoms with E-state index in [1.54, 1.807) is 0 Å². The maximum Gasteiger partial charge on any atom is 0.0741 e. The average molecular weight is 533 g/mol. The van der Waals surface area contributed by atoms with Crippen LogP contribution in [0.15, 0.2) is 146 Å². The largest absolute Gasteiger partial charge is 0.399 e. The highest BCUT2D eigenvalue weighted by atomic mass is 14.6. The Morgan fingerprint density at radius 1 is 0.341 bits per heavy atom. The van der Waals surface area contributed by atoms with E-state index < -0.39 is 5.41 Å². The van der Waals surface area contributed by atoms with Crippen molar-refractivity contribution in [3.8, 4) is 22.3 Å². The molecule has 0 amide bonds. The minimum Gasteiger partial charge on any atom is -0.399 e. The predicted molar refractivity (Wildman–Crippen MR) is 173 cm³/mol. The van der Waals surface area contributed by atoms with Crippen LogP contribution in [0.4, 0.5) is 22.7 Å². The maximum absolute atomic E-state index is 6.93. The number of nitrogen functional groups attached to an aromatic ring is 4. The van der Waals surface area contributed by atoms with Crippen LogP contribution < -0.4 is 22.9 Å². The van der Waals surface area contributed by atoms with E-state index >= 15 is 0 Å². The van der Waals surface area contributed by atoms with Gasteiger partial charge in [-0.2, -0.15) is 0 Å². The van der Waals surface area contributed by atoms with E-state index in [1.807, 2.05) is 72.8 Å². The Morgan fingerprint density at radius 2 is 0.683 bits per heavy atom.